The van der Waals surface area contributed by atoms with E-state index in [0.29, 0.717) is 25.3 Å². The van der Waals surface area contributed by atoms with Crippen LogP contribution in [0.1, 0.15) is 12.0 Å². The van der Waals surface area contributed by atoms with Gasteiger partial charge in [0.1, 0.15) is 6.10 Å². The van der Waals surface area contributed by atoms with E-state index in [1.165, 1.54) is 6.20 Å². The van der Waals surface area contributed by atoms with E-state index in [1.807, 2.05) is 9.80 Å². The number of aliphatic hydroxyl groups excluding tert-OH is 3. The molecule has 2 aliphatic heterocycles. The fourth-order valence-corrected chi connectivity index (χ4v) is 3.56. The van der Waals surface area contributed by atoms with Gasteiger partial charge in [-0.2, -0.15) is 13.2 Å². The highest BCUT2D eigenvalue weighted by molar-refractivity contribution is 5.47. The molecule has 0 spiro atoms. The molecule has 3 rings (SSSR count). The Labute approximate surface area is 143 Å². The minimum Gasteiger partial charge on any atom is -0.389 e. The van der Waals surface area contributed by atoms with Gasteiger partial charge in [-0.1, -0.05) is 0 Å². The molecule has 2 aliphatic rings. The monoisotopic (exact) mass is 361 g/mol. The number of hydrogen-bond donors (Lipinski definition) is 3. The van der Waals surface area contributed by atoms with Gasteiger partial charge in [-0.05, 0) is 18.4 Å². The highest BCUT2D eigenvalue weighted by Gasteiger charge is 2.36. The zero-order chi connectivity index (χ0) is 18.2. The first kappa shape index (κ1) is 18.4. The second-order valence-corrected chi connectivity index (χ2v) is 6.87. The molecule has 1 aromatic rings. The van der Waals surface area contributed by atoms with Crippen molar-refractivity contribution in [3.05, 3.63) is 24.0 Å². The van der Waals surface area contributed by atoms with Crippen LogP contribution in [0.5, 0.6) is 0 Å². The van der Waals surface area contributed by atoms with E-state index in [9.17, 15) is 28.5 Å². The van der Waals surface area contributed by atoms with Gasteiger partial charge in [0, 0.05) is 38.9 Å². The molecule has 0 saturated carbocycles. The molecular weight excluding hydrogens is 339 g/mol. The molecule has 0 bridgehead atoms. The molecule has 0 aliphatic carbocycles. The Morgan fingerprint density at radius 3 is 2.40 bits per heavy atom. The lowest BCUT2D eigenvalue weighted by Crippen LogP contribution is -2.56. The summed E-state index contributed by atoms with van der Waals surface area (Å²) in [7, 11) is 0. The second-order valence-electron chi connectivity index (χ2n) is 6.87. The minimum atomic E-state index is -4.41. The topological polar surface area (TPSA) is 80.1 Å². The summed E-state index contributed by atoms with van der Waals surface area (Å²) in [6.45, 7) is 2.40. The summed E-state index contributed by atoms with van der Waals surface area (Å²) in [6, 6.07) is 1.11. The standard InChI is InChI=1S/C16H22F3N3O3/c17-16(18,19)11-3-12(5-20-4-11)22-2-1-10(7-22)6-21-8-13(23)15(25)14(24)9-21/h3-5,10,13-15,23-25H,1-2,6-9H2/t10-,13-,14+,15+/m0/s1. The Balaban J connectivity index is 1.59. The van der Waals surface area contributed by atoms with E-state index in [2.05, 4.69) is 4.98 Å². The number of aliphatic hydroxyl groups is 3. The molecule has 0 radical (unpaired) electrons. The van der Waals surface area contributed by atoms with Gasteiger partial charge in [0.05, 0.1) is 29.7 Å². The van der Waals surface area contributed by atoms with E-state index >= 15 is 0 Å². The van der Waals surface area contributed by atoms with E-state index in [1.54, 1.807) is 0 Å². The predicted molar refractivity (Wildman–Crippen MR) is 84.0 cm³/mol. The molecule has 0 amide bonds. The van der Waals surface area contributed by atoms with Crippen molar-refractivity contribution in [2.75, 3.05) is 37.6 Å². The molecule has 1 aromatic heterocycles. The Bertz CT molecular complexity index is 589. The third-order valence-corrected chi connectivity index (χ3v) is 4.90. The Hall–Kier alpha value is -1.42. The average Bonchev–Trinajstić information content (AvgIpc) is 3.00. The molecular formula is C16H22F3N3O3. The fourth-order valence-electron chi connectivity index (χ4n) is 3.56. The van der Waals surface area contributed by atoms with Crippen molar-refractivity contribution < 1.29 is 28.5 Å². The SMILES string of the molecule is O[C@H]1[C@H](O)CN(C[C@@H]2CCN(c3cncc(C(F)(F)F)c3)C2)C[C@@H]1O. The molecule has 4 atom stereocenters. The number of halogens is 3. The summed E-state index contributed by atoms with van der Waals surface area (Å²) in [5, 5.41) is 29.1. The Kier molecular flexibility index (Phi) is 5.19. The molecule has 140 valence electrons. The first-order valence-electron chi connectivity index (χ1n) is 8.28. The van der Waals surface area contributed by atoms with E-state index < -0.39 is 30.1 Å². The largest absolute Gasteiger partial charge is 0.417 e. The highest BCUT2D eigenvalue weighted by Crippen LogP contribution is 2.32. The molecule has 25 heavy (non-hydrogen) atoms. The van der Waals surface area contributed by atoms with Crippen LogP contribution in [0.25, 0.3) is 0 Å². The molecule has 0 aromatic carbocycles. The average molecular weight is 361 g/mol. The number of hydrogen-bond acceptors (Lipinski definition) is 6. The van der Waals surface area contributed by atoms with Crippen LogP contribution in [0, 0.1) is 5.92 Å². The fraction of sp³-hybridized carbons (Fsp3) is 0.688. The maximum Gasteiger partial charge on any atom is 0.417 e. The number of β-amino-alcohol motifs (C(OH)–C–C–N with tert-alkyl or cyclic N) is 2. The van der Waals surface area contributed by atoms with Crippen molar-refractivity contribution in [2.24, 2.45) is 5.92 Å². The third-order valence-electron chi connectivity index (χ3n) is 4.90. The molecule has 2 saturated heterocycles. The predicted octanol–water partition coefficient (Wildman–Crippen LogP) is 0.325. The van der Waals surface area contributed by atoms with Crippen LogP contribution in [0.3, 0.4) is 0 Å². The lowest BCUT2D eigenvalue weighted by Gasteiger charge is -2.38. The number of likely N-dealkylation sites (tertiary alicyclic amines) is 1. The van der Waals surface area contributed by atoms with Crippen molar-refractivity contribution in [1.82, 2.24) is 9.88 Å². The van der Waals surface area contributed by atoms with Crippen molar-refractivity contribution in [1.29, 1.82) is 0 Å². The van der Waals surface area contributed by atoms with Crippen molar-refractivity contribution in [3.8, 4) is 0 Å². The molecule has 6 nitrogen and oxygen atoms in total. The number of rotatable bonds is 3. The normalized spacial score (nSPS) is 31.5. The maximum absolute atomic E-state index is 12.8. The zero-order valence-electron chi connectivity index (χ0n) is 13.6. The van der Waals surface area contributed by atoms with Crippen LogP contribution in [0.4, 0.5) is 18.9 Å². The zero-order valence-corrected chi connectivity index (χ0v) is 13.6. The van der Waals surface area contributed by atoms with Gasteiger partial charge in [0.2, 0.25) is 0 Å². The first-order valence-corrected chi connectivity index (χ1v) is 8.28. The maximum atomic E-state index is 12.8. The smallest absolute Gasteiger partial charge is 0.389 e. The van der Waals surface area contributed by atoms with Crippen molar-refractivity contribution in [2.45, 2.75) is 30.9 Å². The quantitative estimate of drug-likeness (QED) is 0.720. The number of nitrogens with zero attached hydrogens (tertiary/aromatic N) is 3. The van der Waals surface area contributed by atoms with Crippen molar-refractivity contribution >= 4 is 5.69 Å². The van der Waals surface area contributed by atoms with Gasteiger partial charge in [0.15, 0.2) is 0 Å². The summed E-state index contributed by atoms with van der Waals surface area (Å²) < 4.78 is 38.4. The van der Waals surface area contributed by atoms with Crippen LogP contribution in [-0.4, -0.2) is 76.2 Å². The number of aromatic nitrogens is 1. The highest BCUT2D eigenvalue weighted by atomic mass is 19.4. The number of piperidine rings is 1. The Morgan fingerprint density at radius 2 is 1.76 bits per heavy atom. The molecule has 3 heterocycles. The molecule has 2 fully saturated rings. The minimum absolute atomic E-state index is 0.212. The van der Waals surface area contributed by atoms with Gasteiger partial charge in [-0.25, -0.2) is 0 Å². The van der Waals surface area contributed by atoms with Gasteiger partial charge < -0.3 is 20.2 Å². The summed E-state index contributed by atoms with van der Waals surface area (Å²) in [4.78, 5) is 7.46. The second kappa shape index (κ2) is 7.06. The van der Waals surface area contributed by atoms with Crippen molar-refractivity contribution in [3.63, 3.8) is 0 Å². The van der Waals surface area contributed by atoms with Crippen LogP contribution in [0.15, 0.2) is 18.5 Å². The molecule has 0 unspecified atom stereocenters. The van der Waals surface area contributed by atoms with Gasteiger partial charge >= 0.3 is 6.18 Å². The summed E-state index contributed by atoms with van der Waals surface area (Å²) in [5.74, 6) is 0.212. The number of anilines is 1. The van der Waals surface area contributed by atoms with Gasteiger partial charge in [0.25, 0.3) is 0 Å². The Morgan fingerprint density at radius 1 is 1.08 bits per heavy atom. The number of pyridine rings is 1. The van der Waals surface area contributed by atoms with Gasteiger partial charge in [-0.15, -0.1) is 0 Å². The molecule has 3 N–H and O–H groups in total. The summed E-state index contributed by atoms with van der Waals surface area (Å²) in [5.41, 5.74) is -0.309. The lowest BCUT2D eigenvalue weighted by molar-refractivity contribution is -0.137. The van der Waals surface area contributed by atoms with Crippen LogP contribution in [0.2, 0.25) is 0 Å². The summed E-state index contributed by atoms with van der Waals surface area (Å²) in [6.07, 6.45) is -4.47. The van der Waals surface area contributed by atoms with Gasteiger partial charge in [-0.3, -0.25) is 9.88 Å². The van der Waals surface area contributed by atoms with Crippen LogP contribution in [-0.2, 0) is 6.18 Å². The lowest BCUT2D eigenvalue weighted by atomic mass is 10.00. The van der Waals surface area contributed by atoms with E-state index in [0.717, 1.165) is 18.7 Å². The third kappa shape index (κ3) is 4.22. The van der Waals surface area contributed by atoms with Crippen LogP contribution < -0.4 is 4.90 Å². The van der Waals surface area contributed by atoms with E-state index in [4.69, 9.17) is 0 Å². The van der Waals surface area contributed by atoms with E-state index in [-0.39, 0.29) is 19.0 Å². The summed E-state index contributed by atoms with van der Waals surface area (Å²) >= 11 is 0. The van der Waals surface area contributed by atoms with Crippen LogP contribution >= 0.6 is 0 Å². The first-order chi connectivity index (χ1) is 11.7. The number of alkyl halides is 3. The molecule has 9 heteroatoms.